The van der Waals surface area contributed by atoms with Gasteiger partial charge in [0.15, 0.2) is 0 Å². The summed E-state index contributed by atoms with van der Waals surface area (Å²) in [4.78, 5) is 21.5. The van der Waals surface area contributed by atoms with Crippen molar-refractivity contribution >= 4 is 38.4 Å². The van der Waals surface area contributed by atoms with Crippen LogP contribution in [0, 0.1) is 5.92 Å². The molecule has 1 aliphatic heterocycles. The van der Waals surface area contributed by atoms with Gasteiger partial charge < -0.3 is 14.2 Å². The third-order valence-corrected chi connectivity index (χ3v) is 8.95. The van der Waals surface area contributed by atoms with E-state index in [-0.39, 0.29) is 35.4 Å². The van der Waals surface area contributed by atoms with Gasteiger partial charge >= 0.3 is 5.97 Å². The summed E-state index contributed by atoms with van der Waals surface area (Å²) in [5, 5.41) is 1.95. The fourth-order valence-corrected chi connectivity index (χ4v) is 6.07. The topological polar surface area (TPSA) is 117 Å². The lowest BCUT2D eigenvalue weighted by Gasteiger charge is -2.22. The van der Waals surface area contributed by atoms with Crippen molar-refractivity contribution in [2.24, 2.45) is 5.92 Å². The average Bonchev–Trinajstić information content (AvgIpc) is 3.65. The minimum absolute atomic E-state index is 0.0205. The first-order valence-corrected chi connectivity index (χ1v) is 16.7. The predicted octanol–water partition coefficient (Wildman–Crippen LogP) is 5.99. The third-order valence-electron chi connectivity index (χ3n) is 5.93. The molecule has 3 aromatic rings. The molecule has 11 heteroatoms. The smallest absolute Gasteiger partial charge is 0.308 e. The Morgan fingerprint density at radius 2 is 1.59 bits per heavy atom. The minimum atomic E-state index is -2.94. The number of esters is 1. The van der Waals surface area contributed by atoms with Crippen LogP contribution >= 0.6 is 11.3 Å². The van der Waals surface area contributed by atoms with Gasteiger partial charge in [0.05, 0.1) is 46.4 Å². The van der Waals surface area contributed by atoms with Crippen molar-refractivity contribution in [3.05, 3.63) is 41.8 Å². The molecule has 3 heterocycles. The lowest BCUT2D eigenvalue weighted by Crippen LogP contribution is -2.32. The van der Waals surface area contributed by atoms with Crippen molar-refractivity contribution in [1.82, 2.24) is 14.7 Å². The summed E-state index contributed by atoms with van der Waals surface area (Å²) in [6.07, 6.45) is 3.53. The number of carbonyl (C=O) groups excluding carboxylic acids is 1. The van der Waals surface area contributed by atoms with Gasteiger partial charge in [-0.3, -0.25) is 4.79 Å². The molecule has 1 saturated heterocycles. The van der Waals surface area contributed by atoms with E-state index in [9.17, 15) is 13.2 Å². The van der Waals surface area contributed by atoms with Crippen molar-refractivity contribution in [2.45, 2.75) is 90.7 Å². The number of ether oxygens (including phenoxy) is 3. The van der Waals surface area contributed by atoms with Crippen LogP contribution in [0.5, 0.6) is 5.88 Å². The summed E-state index contributed by atoms with van der Waals surface area (Å²) in [6.45, 7) is 12.8. The monoisotopic (exact) mass is 605 g/mol. The van der Waals surface area contributed by atoms with Gasteiger partial charge in [0, 0.05) is 18.9 Å². The van der Waals surface area contributed by atoms with E-state index in [1.54, 1.807) is 11.3 Å². The standard InChI is InChI=1S/C15H14N2OS.C9H16O3.C6H13NO2S/c1-10(2)18-15-14(13-8-5-9-19-13)16-11-6-3-4-7-12(11)17-15;1-7(2)9(10)12-8-3-5-11-6-4-8;1-5(2)7-10(8,9)6-3-4-6/h3-10H,1-2H3;7-8H,3-6H2,1-2H3;5-7H,3-4H2,1-2H3. The van der Waals surface area contributed by atoms with E-state index in [0.29, 0.717) is 5.88 Å². The quantitative estimate of drug-likeness (QED) is 0.312. The van der Waals surface area contributed by atoms with Gasteiger partial charge in [-0.2, -0.15) is 0 Å². The number of fused-ring (bicyclic) bond motifs is 1. The largest absolute Gasteiger partial charge is 0.473 e. The number of benzene rings is 1. The van der Waals surface area contributed by atoms with Crippen molar-refractivity contribution in [2.75, 3.05) is 13.2 Å². The number of hydrogen-bond donors (Lipinski definition) is 1. The Morgan fingerprint density at radius 1 is 0.951 bits per heavy atom. The van der Waals surface area contributed by atoms with Gasteiger partial charge in [-0.15, -0.1) is 11.3 Å². The second-order valence-electron chi connectivity index (χ2n) is 10.9. The van der Waals surface area contributed by atoms with Crippen LogP contribution in [0.1, 0.15) is 67.2 Å². The fourth-order valence-electron chi connectivity index (χ4n) is 3.76. The number of aromatic nitrogens is 2. The molecule has 0 amide bonds. The van der Waals surface area contributed by atoms with Crippen molar-refractivity contribution < 1.29 is 27.4 Å². The highest BCUT2D eigenvalue weighted by Crippen LogP contribution is 2.32. The zero-order chi connectivity index (χ0) is 30.0. The maximum atomic E-state index is 11.1. The number of thiophene rings is 1. The summed E-state index contributed by atoms with van der Waals surface area (Å²) in [5.41, 5.74) is 2.57. The normalized spacial score (nSPS) is 15.7. The molecule has 0 unspecified atom stereocenters. The first-order chi connectivity index (χ1) is 19.5. The zero-order valence-electron chi connectivity index (χ0n) is 24.8. The minimum Gasteiger partial charge on any atom is -0.473 e. The third kappa shape index (κ3) is 11.0. The molecule has 5 rings (SSSR count). The van der Waals surface area contributed by atoms with Gasteiger partial charge in [0.25, 0.3) is 0 Å². The van der Waals surface area contributed by atoms with Gasteiger partial charge in [0.1, 0.15) is 11.8 Å². The lowest BCUT2D eigenvalue weighted by atomic mass is 10.1. The number of rotatable bonds is 8. The van der Waals surface area contributed by atoms with Crippen LogP contribution in [0.4, 0.5) is 0 Å². The van der Waals surface area contributed by atoms with Crippen LogP contribution in [0.2, 0.25) is 0 Å². The molecule has 2 aliphatic rings. The van der Waals surface area contributed by atoms with E-state index >= 15 is 0 Å². The first kappa shape index (κ1) is 32.9. The molecule has 0 spiro atoms. The summed E-state index contributed by atoms with van der Waals surface area (Å²) in [5.74, 6) is 0.492. The van der Waals surface area contributed by atoms with Crippen molar-refractivity contribution in [1.29, 1.82) is 0 Å². The molecule has 0 bridgehead atoms. The second kappa shape index (κ2) is 15.6. The Labute approximate surface area is 248 Å². The molecule has 41 heavy (non-hydrogen) atoms. The van der Waals surface area contributed by atoms with E-state index in [4.69, 9.17) is 19.2 Å². The van der Waals surface area contributed by atoms with Gasteiger partial charge in [-0.25, -0.2) is 23.1 Å². The highest BCUT2D eigenvalue weighted by Gasteiger charge is 2.35. The SMILES string of the molecule is CC(C)C(=O)OC1CCOCC1.CC(C)NS(=O)(=O)C1CC1.CC(C)Oc1nc2ccccc2nc1-c1cccs1. The highest BCUT2D eigenvalue weighted by atomic mass is 32.2. The number of nitrogens with zero attached hydrogens (tertiary/aromatic N) is 2. The summed E-state index contributed by atoms with van der Waals surface area (Å²) < 4.78 is 40.9. The van der Waals surface area contributed by atoms with Crippen LogP contribution in [-0.2, 0) is 24.3 Å². The fraction of sp³-hybridized carbons (Fsp3) is 0.567. The Hall–Kier alpha value is -2.60. The maximum absolute atomic E-state index is 11.1. The Kier molecular flexibility index (Phi) is 12.5. The average molecular weight is 606 g/mol. The van der Waals surface area contributed by atoms with Crippen LogP contribution in [0.3, 0.4) is 0 Å². The van der Waals surface area contributed by atoms with Gasteiger partial charge in [0.2, 0.25) is 15.9 Å². The molecule has 0 radical (unpaired) electrons. The Bertz CT molecular complexity index is 1330. The van der Waals surface area contributed by atoms with Gasteiger partial charge in [-0.05, 0) is 64.1 Å². The van der Waals surface area contributed by atoms with Gasteiger partial charge in [-0.1, -0.05) is 32.0 Å². The van der Waals surface area contributed by atoms with Crippen LogP contribution in [0.15, 0.2) is 41.8 Å². The molecular formula is C30H43N3O6S2. The molecule has 226 valence electrons. The second-order valence-corrected chi connectivity index (χ2v) is 13.9. The molecule has 1 saturated carbocycles. The van der Waals surface area contributed by atoms with Crippen molar-refractivity contribution in [3.63, 3.8) is 0 Å². The Balaban J connectivity index is 0.000000182. The van der Waals surface area contributed by atoms with Crippen molar-refractivity contribution in [3.8, 4) is 16.5 Å². The summed E-state index contributed by atoms with van der Waals surface area (Å²) in [7, 11) is -2.94. The van der Waals surface area contributed by atoms with E-state index in [1.807, 2.05) is 83.3 Å². The highest BCUT2D eigenvalue weighted by molar-refractivity contribution is 7.90. The van der Waals surface area contributed by atoms with Crippen LogP contribution in [0.25, 0.3) is 21.6 Å². The van der Waals surface area contributed by atoms with Crippen LogP contribution in [-0.4, -0.2) is 61.1 Å². The zero-order valence-corrected chi connectivity index (χ0v) is 26.5. The maximum Gasteiger partial charge on any atom is 0.308 e. The predicted molar refractivity (Wildman–Crippen MR) is 164 cm³/mol. The summed E-state index contributed by atoms with van der Waals surface area (Å²) in [6, 6.07) is 11.9. The number of hydrogen-bond acceptors (Lipinski definition) is 9. The van der Waals surface area contributed by atoms with E-state index < -0.39 is 10.0 Å². The molecule has 0 atom stereocenters. The lowest BCUT2D eigenvalue weighted by molar-refractivity contribution is -0.156. The van der Waals surface area contributed by atoms with E-state index in [2.05, 4.69) is 9.71 Å². The first-order valence-electron chi connectivity index (χ1n) is 14.2. The summed E-state index contributed by atoms with van der Waals surface area (Å²) >= 11 is 1.64. The Morgan fingerprint density at radius 3 is 2.10 bits per heavy atom. The number of sulfonamides is 1. The molecular weight excluding hydrogens is 562 g/mol. The molecule has 1 aromatic carbocycles. The number of para-hydroxylation sites is 2. The molecule has 2 aromatic heterocycles. The number of carbonyl (C=O) groups is 1. The van der Waals surface area contributed by atoms with E-state index in [0.717, 1.165) is 60.5 Å². The molecule has 1 aliphatic carbocycles. The molecule has 2 fully saturated rings. The molecule has 1 N–H and O–H groups in total. The van der Waals surface area contributed by atoms with Crippen LogP contribution < -0.4 is 9.46 Å². The van der Waals surface area contributed by atoms with E-state index in [1.165, 1.54) is 0 Å². The molecule has 9 nitrogen and oxygen atoms in total. The number of nitrogens with one attached hydrogen (secondary N) is 1.